The van der Waals surface area contributed by atoms with Crippen LogP contribution in [-0.4, -0.2) is 24.7 Å². The van der Waals surface area contributed by atoms with Gasteiger partial charge in [-0.25, -0.2) is 4.79 Å². The maximum atomic E-state index is 11.1. The summed E-state index contributed by atoms with van der Waals surface area (Å²) in [5.74, 6) is -0.585. The number of nitrogens with zero attached hydrogens (tertiary/aromatic N) is 1. The van der Waals surface area contributed by atoms with Crippen LogP contribution in [0.2, 0.25) is 0 Å². The third kappa shape index (κ3) is 3.54. The average Bonchev–Trinajstić information content (AvgIpc) is 2.53. The number of carboxylic acids is 1. The Kier molecular flexibility index (Phi) is 4.82. The van der Waals surface area contributed by atoms with Gasteiger partial charge in [0.2, 0.25) is 0 Å². The molecule has 0 fully saturated rings. The minimum Gasteiger partial charge on any atom is -0.496 e. The van der Waals surface area contributed by atoms with Crippen LogP contribution in [0.1, 0.15) is 22.8 Å². The van der Waals surface area contributed by atoms with E-state index < -0.39 is 5.97 Å². The number of carbonyl (C=O) groups is 1. The molecular formula is C17H19NO3. The number of benzene rings is 2. The predicted molar refractivity (Wildman–Crippen MR) is 83.1 cm³/mol. The molecule has 110 valence electrons. The van der Waals surface area contributed by atoms with E-state index in [0.717, 1.165) is 17.8 Å². The first kappa shape index (κ1) is 14.9. The van der Waals surface area contributed by atoms with Gasteiger partial charge in [-0.3, -0.25) is 0 Å². The van der Waals surface area contributed by atoms with Gasteiger partial charge in [-0.1, -0.05) is 24.3 Å². The minimum absolute atomic E-state index is 0.184. The van der Waals surface area contributed by atoms with Crippen molar-refractivity contribution in [2.24, 2.45) is 0 Å². The molecule has 4 nitrogen and oxygen atoms in total. The number of hydrogen-bond acceptors (Lipinski definition) is 3. The maximum Gasteiger partial charge on any atom is 0.339 e. The highest BCUT2D eigenvalue weighted by Gasteiger charge is 2.12. The van der Waals surface area contributed by atoms with E-state index in [4.69, 9.17) is 9.84 Å². The van der Waals surface area contributed by atoms with Gasteiger partial charge in [-0.2, -0.15) is 0 Å². The molecule has 0 heterocycles. The summed E-state index contributed by atoms with van der Waals surface area (Å²) < 4.78 is 5.17. The normalized spacial score (nSPS) is 10.2. The van der Waals surface area contributed by atoms with Gasteiger partial charge in [-0.05, 0) is 36.8 Å². The van der Waals surface area contributed by atoms with E-state index in [1.54, 1.807) is 12.1 Å². The lowest BCUT2D eigenvalue weighted by atomic mass is 10.1. The van der Waals surface area contributed by atoms with Crippen LogP contribution >= 0.6 is 0 Å². The van der Waals surface area contributed by atoms with Crippen LogP contribution in [0.3, 0.4) is 0 Å². The second-order valence-electron chi connectivity index (χ2n) is 4.69. The van der Waals surface area contributed by atoms with Gasteiger partial charge in [-0.15, -0.1) is 0 Å². The molecule has 4 heteroatoms. The molecular weight excluding hydrogens is 266 g/mol. The van der Waals surface area contributed by atoms with Gasteiger partial charge >= 0.3 is 5.97 Å². The Morgan fingerprint density at radius 1 is 1.19 bits per heavy atom. The zero-order chi connectivity index (χ0) is 15.2. The van der Waals surface area contributed by atoms with E-state index in [9.17, 15) is 4.79 Å². The zero-order valence-electron chi connectivity index (χ0n) is 12.2. The fourth-order valence-corrected chi connectivity index (χ4v) is 2.26. The Hall–Kier alpha value is -2.49. The molecule has 0 amide bonds. The molecule has 0 radical (unpaired) electrons. The van der Waals surface area contributed by atoms with E-state index in [2.05, 4.69) is 24.0 Å². The van der Waals surface area contributed by atoms with Gasteiger partial charge in [0.05, 0.1) is 7.11 Å². The third-order valence-corrected chi connectivity index (χ3v) is 3.37. The lowest BCUT2D eigenvalue weighted by Crippen LogP contribution is -2.21. The van der Waals surface area contributed by atoms with Crippen LogP contribution in [0.15, 0.2) is 48.5 Å². The number of hydrogen-bond donors (Lipinski definition) is 1. The predicted octanol–water partition coefficient (Wildman–Crippen LogP) is 3.42. The lowest BCUT2D eigenvalue weighted by molar-refractivity contribution is 0.0693. The summed E-state index contributed by atoms with van der Waals surface area (Å²) in [6, 6.07) is 15.3. The molecule has 0 bridgehead atoms. The number of ether oxygens (including phenoxy) is 1. The van der Waals surface area contributed by atoms with E-state index in [-0.39, 0.29) is 5.56 Å². The standard InChI is InChI=1S/C17H19NO3/c1-3-18(14-7-5-4-6-8-14)12-13-9-10-15(17(19)20)16(11-13)21-2/h4-11H,3,12H2,1-2H3,(H,19,20). The number of rotatable bonds is 6. The molecule has 21 heavy (non-hydrogen) atoms. The zero-order valence-corrected chi connectivity index (χ0v) is 12.2. The first-order valence-electron chi connectivity index (χ1n) is 6.86. The summed E-state index contributed by atoms with van der Waals surface area (Å²) in [4.78, 5) is 13.3. The van der Waals surface area contributed by atoms with Crippen molar-refractivity contribution in [2.75, 3.05) is 18.6 Å². The average molecular weight is 285 g/mol. The first-order chi connectivity index (χ1) is 10.2. The van der Waals surface area contributed by atoms with Crippen molar-refractivity contribution in [1.82, 2.24) is 0 Å². The molecule has 0 aliphatic heterocycles. The molecule has 0 aromatic heterocycles. The van der Waals surface area contributed by atoms with Gasteiger partial charge in [0.1, 0.15) is 11.3 Å². The second kappa shape index (κ2) is 6.79. The van der Waals surface area contributed by atoms with Crippen molar-refractivity contribution in [3.63, 3.8) is 0 Å². The highest BCUT2D eigenvalue weighted by Crippen LogP contribution is 2.23. The molecule has 0 aliphatic rings. The van der Waals surface area contributed by atoms with Gasteiger partial charge in [0.15, 0.2) is 0 Å². The highest BCUT2D eigenvalue weighted by atomic mass is 16.5. The highest BCUT2D eigenvalue weighted by molar-refractivity contribution is 5.91. The molecule has 0 unspecified atom stereocenters. The minimum atomic E-state index is -0.978. The van der Waals surface area contributed by atoms with Crippen molar-refractivity contribution >= 4 is 11.7 Å². The monoisotopic (exact) mass is 285 g/mol. The number of methoxy groups -OCH3 is 1. The molecule has 0 spiro atoms. The summed E-state index contributed by atoms with van der Waals surface area (Å²) >= 11 is 0. The van der Waals surface area contributed by atoms with Crippen LogP contribution in [0, 0.1) is 0 Å². The van der Waals surface area contributed by atoms with Crippen LogP contribution in [0.5, 0.6) is 5.75 Å². The molecule has 2 rings (SSSR count). The van der Waals surface area contributed by atoms with Crippen LogP contribution < -0.4 is 9.64 Å². The van der Waals surface area contributed by atoms with Gasteiger partial charge < -0.3 is 14.7 Å². The summed E-state index contributed by atoms with van der Waals surface area (Å²) in [5.41, 5.74) is 2.34. The van der Waals surface area contributed by atoms with Crippen LogP contribution in [-0.2, 0) is 6.54 Å². The molecule has 0 saturated carbocycles. The Balaban J connectivity index is 2.24. The van der Waals surface area contributed by atoms with Gasteiger partial charge in [0.25, 0.3) is 0 Å². The Morgan fingerprint density at radius 3 is 2.48 bits per heavy atom. The molecule has 0 aliphatic carbocycles. The third-order valence-electron chi connectivity index (χ3n) is 3.37. The smallest absolute Gasteiger partial charge is 0.339 e. The molecule has 2 aromatic carbocycles. The quantitative estimate of drug-likeness (QED) is 0.883. The Bertz CT molecular complexity index is 611. The number of anilines is 1. The van der Waals surface area contributed by atoms with E-state index in [1.807, 2.05) is 24.3 Å². The summed E-state index contributed by atoms with van der Waals surface area (Å²) in [7, 11) is 1.49. The van der Waals surface area contributed by atoms with E-state index in [1.165, 1.54) is 7.11 Å². The fraction of sp³-hybridized carbons (Fsp3) is 0.235. The van der Waals surface area contributed by atoms with Crippen LogP contribution in [0.4, 0.5) is 5.69 Å². The largest absolute Gasteiger partial charge is 0.496 e. The van der Waals surface area contributed by atoms with E-state index >= 15 is 0 Å². The SMILES string of the molecule is CCN(Cc1ccc(C(=O)O)c(OC)c1)c1ccccc1. The van der Waals surface area contributed by atoms with E-state index in [0.29, 0.717) is 12.3 Å². The summed E-state index contributed by atoms with van der Waals surface area (Å²) in [6.07, 6.45) is 0. The lowest BCUT2D eigenvalue weighted by Gasteiger charge is -2.23. The van der Waals surface area contributed by atoms with Crippen molar-refractivity contribution < 1.29 is 14.6 Å². The topological polar surface area (TPSA) is 49.8 Å². The molecule has 0 atom stereocenters. The number of aromatic carboxylic acids is 1. The number of para-hydroxylation sites is 1. The maximum absolute atomic E-state index is 11.1. The fourth-order valence-electron chi connectivity index (χ4n) is 2.26. The summed E-state index contributed by atoms with van der Waals surface area (Å²) in [5, 5.41) is 9.10. The van der Waals surface area contributed by atoms with Crippen molar-refractivity contribution in [2.45, 2.75) is 13.5 Å². The Labute approximate surface area is 124 Å². The van der Waals surface area contributed by atoms with Crippen molar-refractivity contribution in [3.8, 4) is 5.75 Å². The Morgan fingerprint density at radius 2 is 1.90 bits per heavy atom. The second-order valence-corrected chi connectivity index (χ2v) is 4.69. The molecule has 0 saturated heterocycles. The van der Waals surface area contributed by atoms with Crippen molar-refractivity contribution in [1.29, 1.82) is 0 Å². The first-order valence-corrected chi connectivity index (χ1v) is 6.86. The van der Waals surface area contributed by atoms with Gasteiger partial charge in [0, 0.05) is 18.8 Å². The molecule has 1 N–H and O–H groups in total. The van der Waals surface area contributed by atoms with Crippen LogP contribution in [0.25, 0.3) is 0 Å². The molecule has 2 aromatic rings. The summed E-state index contributed by atoms with van der Waals surface area (Å²) in [6.45, 7) is 3.67. The number of carboxylic acid groups (broad SMARTS) is 1. The van der Waals surface area contributed by atoms with Crippen molar-refractivity contribution in [3.05, 3.63) is 59.7 Å².